The Morgan fingerprint density at radius 1 is 1.00 bits per heavy atom. The molecule has 0 radical (unpaired) electrons. The molecule has 0 spiro atoms. The number of nitrogens with zero attached hydrogens (tertiary/aromatic N) is 3. The maximum Gasteiger partial charge on any atom is 0.410 e. The number of aromatic nitrogens is 1. The number of nitrogens with two attached hydrogens (primary N) is 1. The Balaban J connectivity index is 1.55. The van der Waals surface area contributed by atoms with Crippen LogP contribution in [0.5, 0.6) is 11.5 Å². The Bertz CT molecular complexity index is 1210. The van der Waals surface area contributed by atoms with Crippen LogP contribution >= 0.6 is 0 Å². The van der Waals surface area contributed by atoms with Crippen LogP contribution in [0.25, 0.3) is 0 Å². The molecule has 9 nitrogen and oxygen atoms in total. The molecule has 0 saturated carbocycles. The molecule has 1 atom stereocenters. The normalized spacial score (nSPS) is 15.3. The number of pyridine rings is 1. The smallest absolute Gasteiger partial charge is 0.410 e. The number of hydrogen-bond acceptors (Lipinski definition) is 8. The van der Waals surface area contributed by atoms with Crippen LogP contribution in [0, 0.1) is 0 Å². The Hall–Kier alpha value is -4.14. The number of methoxy groups -OCH3 is 2. The molecule has 40 heavy (non-hydrogen) atoms. The highest BCUT2D eigenvalue weighted by molar-refractivity contribution is 5.78. The fraction of sp³-hybridized carbons (Fsp3) is 0.419. The topological polar surface area (TPSA) is 102 Å². The van der Waals surface area contributed by atoms with E-state index in [0.29, 0.717) is 37.7 Å². The van der Waals surface area contributed by atoms with Crippen LogP contribution in [0.1, 0.15) is 44.7 Å². The molecule has 3 aromatic rings. The zero-order valence-electron chi connectivity index (χ0n) is 24.1. The van der Waals surface area contributed by atoms with Crippen LogP contribution in [-0.2, 0) is 17.8 Å². The Kier molecular flexibility index (Phi) is 9.24. The van der Waals surface area contributed by atoms with Gasteiger partial charge in [0.25, 0.3) is 0 Å². The molecule has 9 heteroatoms. The molecule has 1 fully saturated rings. The second kappa shape index (κ2) is 12.8. The van der Waals surface area contributed by atoms with E-state index in [-0.39, 0.29) is 12.1 Å². The van der Waals surface area contributed by atoms with Crippen molar-refractivity contribution in [3.63, 3.8) is 0 Å². The van der Waals surface area contributed by atoms with E-state index in [0.717, 1.165) is 41.2 Å². The van der Waals surface area contributed by atoms with Gasteiger partial charge in [-0.05, 0) is 75.1 Å². The van der Waals surface area contributed by atoms with Gasteiger partial charge in [0.1, 0.15) is 17.1 Å². The number of rotatable bonds is 9. The van der Waals surface area contributed by atoms with E-state index in [9.17, 15) is 4.79 Å². The maximum atomic E-state index is 12.7. The molecular formula is C31H41N5O4. The first-order chi connectivity index (χ1) is 19.1. The van der Waals surface area contributed by atoms with Crippen LogP contribution in [0.4, 0.5) is 22.0 Å². The molecule has 2 aromatic carbocycles. The number of likely N-dealkylation sites (tertiary alicyclic amines) is 1. The van der Waals surface area contributed by atoms with E-state index in [1.807, 2.05) is 75.4 Å². The SMILES string of the molecule is COc1ccc(CN(Cc2ccc(OC)cc2)c2nccc(N[C@@H]3CCCN(C(=O)OC(C)(C)C)C3)c2N)cc1. The van der Waals surface area contributed by atoms with Gasteiger partial charge in [0.2, 0.25) is 0 Å². The average Bonchev–Trinajstić information content (AvgIpc) is 2.94. The predicted octanol–water partition coefficient (Wildman–Crippen LogP) is 5.70. The number of carbonyl (C=O) groups excluding carboxylic acids is 1. The number of nitrogens with one attached hydrogen (secondary N) is 1. The number of anilines is 3. The van der Waals surface area contributed by atoms with Crippen LogP contribution in [0.3, 0.4) is 0 Å². The third kappa shape index (κ3) is 7.71. The summed E-state index contributed by atoms with van der Waals surface area (Å²) in [6.07, 6.45) is 3.30. The summed E-state index contributed by atoms with van der Waals surface area (Å²) in [5.41, 5.74) is 9.82. The number of hydrogen-bond donors (Lipinski definition) is 2. The lowest BCUT2D eigenvalue weighted by Gasteiger charge is -2.35. The fourth-order valence-corrected chi connectivity index (χ4v) is 4.76. The minimum Gasteiger partial charge on any atom is -0.497 e. The monoisotopic (exact) mass is 547 g/mol. The summed E-state index contributed by atoms with van der Waals surface area (Å²) in [5, 5.41) is 3.58. The lowest BCUT2D eigenvalue weighted by Crippen LogP contribution is -2.47. The van der Waals surface area contributed by atoms with Crippen molar-refractivity contribution in [3.8, 4) is 11.5 Å². The van der Waals surface area contributed by atoms with E-state index >= 15 is 0 Å². The summed E-state index contributed by atoms with van der Waals surface area (Å²) in [5.74, 6) is 2.31. The van der Waals surface area contributed by atoms with Gasteiger partial charge in [-0.3, -0.25) is 0 Å². The minimum absolute atomic E-state index is 0.0513. The molecule has 1 aliphatic heterocycles. The lowest BCUT2D eigenvalue weighted by molar-refractivity contribution is 0.0206. The van der Waals surface area contributed by atoms with E-state index in [2.05, 4.69) is 10.2 Å². The summed E-state index contributed by atoms with van der Waals surface area (Å²) in [7, 11) is 3.32. The average molecular weight is 548 g/mol. The summed E-state index contributed by atoms with van der Waals surface area (Å²) in [4.78, 5) is 21.3. The molecule has 4 rings (SSSR count). The standard InChI is InChI=1S/C31H41N5O4/c1-31(2,3)40-30(37)35-18-6-7-24(21-35)34-27-16-17-33-29(28(27)32)36(19-22-8-12-25(38-4)13-9-22)20-23-10-14-26(39-5)15-11-23/h8-17,24H,6-7,18-21,32H2,1-5H3,(H,33,34)/t24-/m1/s1. The van der Waals surface area contributed by atoms with Gasteiger partial charge in [-0.15, -0.1) is 0 Å². The van der Waals surface area contributed by atoms with Crippen molar-refractivity contribution in [1.82, 2.24) is 9.88 Å². The number of amides is 1. The number of nitrogen functional groups attached to an aromatic ring is 1. The number of carbonyl (C=O) groups is 1. The van der Waals surface area contributed by atoms with Crippen molar-refractivity contribution < 1.29 is 19.0 Å². The van der Waals surface area contributed by atoms with Crippen molar-refractivity contribution >= 4 is 23.3 Å². The van der Waals surface area contributed by atoms with Crippen molar-refractivity contribution in [1.29, 1.82) is 0 Å². The zero-order chi connectivity index (χ0) is 28.7. The molecule has 0 aliphatic carbocycles. The van der Waals surface area contributed by atoms with Gasteiger partial charge < -0.3 is 35.1 Å². The molecule has 0 bridgehead atoms. The molecule has 1 saturated heterocycles. The number of ether oxygens (including phenoxy) is 3. The van der Waals surface area contributed by atoms with Gasteiger partial charge >= 0.3 is 6.09 Å². The van der Waals surface area contributed by atoms with Gasteiger partial charge in [0, 0.05) is 38.4 Å². The van der Waals surface area contributed by atoms with Crippen LogP contribution in [0.2, 0.25) is 0 Å². The first-order valence-electron chi connectivity index (χ1n) is 13.6. The van der Waals surface area contributed by atoms with Gasteiger partial charge in [-0.1, -0.05) is 24.3 Å². The molecule has 2 heterocycles. The van der Waals surface area contributed by atoms with E-state index in [4.69, 9.17) is 24.9 Å². The second-order valence-electron chi connectivity index (χ2n) is 11.1. The van der Waals surface area contributed by atoms with E-state index < -0.39 is 5.60 Å². The molecule has 1 aromatic heterocycles. The molecule has 3 N–H and O–H groups in total. The van der Waals surface area contributed by atoms with E-state index in [1.54, 1.807) is 25.3 Å². The Morgan fingerprint density at radius 3 is 2.10 bits per heavy atom. The maximum absolute atomic E-state index is 12.7. The van der Waals surface area contributed by atoms with Crippen molar-refractivity contribution in [2.24, 2.45) is 0 Å². The zero-order valence-corrected chi connectivity index (χ0v) is 24.1. The highest BCUT2D eigenvalue weighted by atomic mass is 16.6. The predicted molar refractivity (Wildman–Crippen MR) is 159 cm³/mol. The third-order valence-electron chi connectivity index (χ3n) is 6.77. The quantitative estimate of drug-likeness (QED) is 0.352. The second-order valence-corrected chi connectivity index (χ2v) is 11.1. The first-order valence-corrected chi connectivity index (χ1v) is 13.6. The Labute approximate surface area is 237 Å². The summed E-state index contributed by atoms with van der Waals surface area (Å²) in [6, 6.07) is 17.9. The highest BCUT2D eigenvalue weighted by Gasteiger charge is 2.28. The number of piperidine rings is 1. The fourth-order valence-electron chi connectivity index (χ4n) is 4.76. The third-order valence-corrected chi connectivity index (χ3v) is 6.77. The molecular weight excluding hydrogens is 506 g/mol. The van der Waals surface area contributed by atoms with Gasteiger partial charge in [-0.25, -0.2) is 9.78 Å². The largest absolute Gasteiger partial charge is 0.497 e. The number of benzene rings is 2. The highest BCUT2D eigenvalue weighted by Crippen LogP contribution is 2.32. The van der Waals surface area contributed by atoms with Gasteiger partial charge in [0.15, 0.2) is 5.82 Å². The van der Waals surface area contributed by atoms with Crippen LogP contribution < -0.4 is 25.4 Å². The van der Waals surface area contributed by atoms with Gasteiger partial charge in [-0.2, -0.15) is 0 Å². The first kappa shape index (κ1) is 28.9. The molecule has 214 valence electrons. The van der Waals surface area contributed by atoms with Crippen molar-refractivity contribution in [3.05, 3.63) is 71.9 Å². The Morgan fingerprint density at radius 2 is 1.57 bits per heavy atom. The van der Waals surface area contributed by atoms with Gasteiger partial charge in [0.05, 0.1) is 25.6 Å². The molecule has 1 amide bonds. The van der Waals surface area contributed by atoms with E-state index in [1.165, 1.54) is 0 Å². The summed E-state index contributed by atoms with van der Waals surface area (Å²) >= 11 is 0. The lowest BCUT2D eigenvalue weighted by atomic mass is 10.1. The van der Waals surface area contributed by atoms with Crippen LogP contribution in [0.15, 0.2) is 60.8 Å². The minimum atomic E-state index is -0.529. The van der Waals surface area contributed by atoms with Crippen molar-refractivity contribution in [2.75, 3.05) is 43.3 Å². The summed E-state index contributed by atoms with van der Waals surface area (Å²) < 4.78 is 16.3. The molecule has 1 aliphatic rings. The summed E-state index contributed by atoms with van der Waals surface area (Å²) in [6.45, 7) is 8.09. The molecule has 0 unspecified atom stereocenters. The van der Waals surface area contributed by atoms with Crippen molar-refractivity contribution in [2.45, 2.75) is 58.3 Å². The van der Waals surface area contributed by atoms with Crippen LogP contribution in [-0.4, -0.2) is 54.9 Å².